The molecule has 29 heavy (non-hydrogen) atoms. The first-order chi connectivity index (χ1) is 13.1. The summed E-state index contributed by atoms with van der Waals surface area (Å²) in [7, 11) is -2.41. The van der Waals surface area contributed by atoms with Gasteiger partial charge in [-0.25, -0.2) is 12.8 Å². The van der Waals surface area contributed by atoms with Gasteiger partial charge in [0.2, 0.25) is 0 Å². The van der Waals surface area contributed by atoms with Gasteiger partial charge in [-0.2, -0.15) is 17.5 Å². The number of benzene rings is 1. The third-order valence-corrected chi connectivity index (χ3v) is 5.96. The summed E-state index contributed by atoms with van der Waals surface area (Å²) in [6.07, 6.45) is 0.403. The number of nitrogens with zero attached hydrogens (tertiary/aromatic N) is 2. The molecule has 1 fully saturated rings. The number of ether oxygens (including phenoxy) is 1. The zero-order valence-electron chi connectivity index (χ0n) is 15.8. The van der Waals surface area contributed by atoms with Crippen molar-refractivity contribution in [2.45, 2.75) is 30.9 Å². The minimum absolute atomic E-state index is 0. The highest BCUT2D eigenvalue weighted by molar-refractivity contribution is 14.0. The molecule has 1 aliphatic heterocycles. The Morgan fingerprint density at radius 3 is 2.41 bits per heavy atom. The minimum Gasteiger partial charge on any atom is -0.494 e. The summed E-state index contributed by atoms with van der Waals surface area (Å²) >= 11 is 0. The Bertz CT molecular complexity index is 813. The lowest BCUT2D eigenvalue weighted by molar-refractivity contribution is -0.0494. The van der Waals surface area contributed by atoms with E-state index in [0.29, 0.717) is 15.8 Å². The molecule has 2 rings (SSSR count). The third-order valence-electron chi connectivity index (χ3n) is 4.33. The zero-order chi connectivity index (χ0) is 20.9. The summed E-state index contributed by atoms with van der Waals surface area (Å²) in [5.41, 5.74) is -4.65. The van der Waals surface area contributed by atoms with E-state index in [1.54, 1.807) is 6.07 Å². The van der Waals surface area contributed by atoms with Crippen LogP contribution in [0.4, 0.5) is 17.6 Å². The molecule has 13 heteroatoms. The van der Waals surface area contributed by atoms with Gasteiger partial charge < -0.3 is 15.4 Å². The Balaban J connectivity index is 0.00000420. The number of guanidine groups is 1. The van der Waals surface area contributed by atoms with Crippen molar-refractivity contribution in [3.05, 3.63) is 29.6 Å². The van der Waals surface area contributed by atoms with E-state index in [1.165, 1.54) is 26.3 Å². The van der Waals surface area contributed by atoms with Gasteiger partial charge in [-0.1, -0.05) is 6.07 Å². The largest absolute Gasteiger partial charge is 0.511 e. The molecule has 2 N–H and O–H groups in total. The van der Waals surface area contributed by atoms with Crippen molar-refractivity contribution in [3.8, 4) is 5.75 Å². The van der Waals surface area contributed by atoms with Gasteiger partial charge in [0.15, 0.2) is 17.5 Å². The summed E-state index contributed by atoms with van der Waals surface area (Å²) < 4.78 is 79.7. The molecular formula is C16H23F4IN4O3S. The van der Waals surface area contributed by atoms with E-state index in [0.717, 1.165) is 0 Å². The van der Waals surface area contributed by atoms with Crippen LogP contribution in [0, 0.1) is 5.82 Å². The molecule has 0 amide bonds. The lowest BCUT2D eigenvalue weighted by Gasteiger charge is -2.32. The maximum absolute atomic E-state index is 13.7. The number of nitrogens with one attached hydrogen (secondary N) is 2. The fraction of sp³-hybridized carbons (Fsp3) is 0.562. The van der Waals surface area contributed by atoms with Crippen LogP contribution in [0.2, 0.25) is 0 Å². The summed E-state index contributed by atoms with van der Waals surface area (Å²) in [5.74, 6) is 0.0168. The quantitative estimate of drug-likeness (QED) is 0.253. The van der Waals surface area contributed by atoms with Crippen molar-refractivity contribution in [2.24, 2.45) is 4.99 Å². The predicted molar refractivity (Wildman–Crippen MR) is 111 cm³/mol. The first kappa shape index (κ1) is 25.7. The zero-order valence-corrected chi connectivity index (χ0v) is 18.9. The van der Waals surface area contributed by atoms with Crippen LogP contribution in [0.1, 0.15) is 18.4 Å². The number of alkyl halides is 3. The summed E-state index contributed by atoms with van der Waals surface area (Å²) in [6.45, 7) is -0.206. The number of hydrogen-bond acceptors (Lipinski definition) is 4. The first-order valence-corrected chi connectivity index (χ1v) is 9.88. The molecular weight excluding hydrogens is 531 g/mol. The van der Waals surface area contributed by atoms with Crippen molar-refractivity contribution >= 4 is 40.0 Å². The van der Waals surface area contributed by atoms with Gasteiger partial charge in [-0.15, -0.1) is 24.0 Å². The van der Waals surface area contributed by atoms with Gasteiger partial charge in [-0.3, -0.25) is 4.99 Å². The second kappa shape index (κ2) is 10.6. The number of sulfonamides is 1. The summed E-state index contributed by atoms with van der Waals surface area (Å²) in [6, 6.07) is 4.26. The van der Waals surface area contributed by atoms with Gasteiger partial charge >= 0.3 is 15.5 Å². The normalized spacial score (nSPS) is 16.8. The van der Waals surface area contributed by atoms with Crippen molar-refractivity contribution in [1.29, 1.82) is 0 Å². The molecule has 1 saturated heterocycles. The van der Waals surface area contributed by atoms with Gasteiger partial charge in [0, 0.05) is 32.7 Å². The van der Waals surface area contributed by atoms with Crippen LogP contribution in [-0.4, -0.2) is 57.5 Å². The SMILES string of the molecule is CN=C(NCc1ccc(OC)c(F)c1)NC1CCN(S(=O)(=O)C(F)(F)F)CC1.I. The van der Waals surface area contributed by atoms with Gasteiger partial charge in [0.1, 0.15) is 0 Å². The molecule has 1 aromatic carbocycles. The number of rotatable bonds is 5. The maximum Gasteiger partial charge on any atom is 0.511 e. The summed E-state index contributed by atoms with van der Waals surface area (Å²) in [4.78, 5) is 4.02. The lowest BCUT2D eigenvalue weighted by Crippen LogP contribution is -2.51. The fourth-order valence-electron chi connectivity index (χ4n) is 2.78. The number of methoxy groups -OCH3 is 1. The molecule has 0 radical (unpaired) electrons. The second-order valence-corrected chi connectivity index (χ2v) is 8.09. The molecule has 1 aliphatic rings. The molecule has 1 heterocycles. The van der Waals surface area contributed by atoms with Crippen LogP contribution in [0.3, 0.4) is 0 Å². The highest BCUT2D eigenvalue weighted by Crippen LogP contribution is 2.28. The topological polar surface area (TPSA) is 83.0 Å². The minimum atomic E-state index is -5.30. The van der Waals surface area contributed by atoms with Crippen molar-refractivity contribution in [1.82, 2.24) is 14.9 Å². The van der Waals surface area contributed by atoms with Gasteiger partial charge in [0.25, 0.3) is 0 Å². The average molecular weight is 554 g/mol. The van der Waals surface area contributed by atoms with Gasteiger partial charge in [0.05, 0.1) is 7.11 Å². The van der Waals surface area contributed by atoms with Crippen LogP contribution in [0.15, 0.2) is 23.2 Å². The van der Waals surface area contributed by atoms with E-state index in [2.05, 4.69) is 15.6 Å². The predicted octanol–water partition coefficient (Wildman–Crippen LogP) is 2.43. The van der Waals surface area contributed by atoms with E-state index in [4.69, 9.17) is 4.74 Å². The van der Waals surface area contributed by atoms with E-state index < -0.39 is 21.3 Å². The van der Waals surface area contributed by atoms with E-state index in [9.17, 15) is 26.0 Å². The summed E-state index contributed by atoms with van der Waals surface area (Å²) in [5, 5.41) is 6.02. The molecule has 0 spiro atoms. The van der Waals surface area contributed by atoms with Gasteiger partial charge in [-0.05, 0) is 30.5 Å². The van der Waals surface area contributed by atoms with E-state index >= 15 is 0 Å². The Morgan fingerprint density at radius 2 is 1.93 bits per heavy atom. The van der Waals surface area contributed by atoms with E-state index in [-0.39, 0.29) is 68.2 Å². The number of aliphatic imine (C=N–C) groups is 1. The molecule has 0 aliphatic carbocycles. The molecule has 0 atom stereocenters. The van der Waals surface area contributed by atoms with Crippen LogP contribution in [0.5, 0.6) is 5.75 Å². The Hall–Kier alpha value is -1.35. The number of hydrogen-bond donors (Lipinski definition) is 2. The molecule has 7 nitrogen and oxygen atoms in total. The van der Waals surface area contributed by atoms with Crippen molar-refractivity contribution < 1.29 is 30.7 Å². The third kappa shape index (κ3) is 6.57. The standard InChI is InChI=1S/C16H22F4N4O3S.HI/c1-21-15(22-10-11-3-4-14(27-2)13(17)9-11)23-12-5-7-24(8-6-12)28(25,26)16(18,19)20;/h3-4,9,12H,5-8,10H2,1-2H3,(H2,21,22,23);1H. The number of piperidine rings is 1. The van der Waals surface area contributed by atoms with Crippen LogP contribution in [0.25, 0.3) is 0 Å². The Kier molecular flexibility index (Phi) is 9.40. The van der Waals surface area contributed by atoms with Crippen LogP contribution < -0.4 is 15.4 Å². The second-order valence-electron chi connectivity index (χ2n) is 6.16. The van der Waals surface area contributed by atoms with Crippen LogP contribution in [-0.2, 0) is 16.6 Å². The Labute approximate surface area is 184 Å². The maximum atomic E-state index is 13.7. The monoisotopic (exact) mass is 554 g/mol. The molecule has 0 bridgehead atoms. The molecule has 166 valence electrons. The van der Waals surface area contributed by atoms with Crippen molar-refractivity contribution in [2.75, 3.05) is 27.2 Å². The molecule has 0 aromatic heterocycles. The van der Waals surface area contributed by atoms with Crippen LogP contribution >= 0.6 is 24.0 Å². The highest BCUT2D eigenvalue weighted by atomic mass is 127. The lowest BCUT2D eigenvalue weighted by atomic mass is 10.1. The molecule has 0 saturated carbocycles. The van der Waals surface area contributed by atoms with Crippen molar-refractivity contribution in [3.63, 3.8) is 0 Å². The Morgan fingerprint density at radius 1 is 1.31 bits per heavy atom. The average Bonchev–Trinajstić information content (AvgIpc) is 2.64. The molecule has 0 unspecified atom stereocenters. The smallest absolute Gasteiger partial charge is 0.494 e. The highest BCUT2D eigenvalue weighted by Gasteiger charge is 2.50. The molecule has 1 aromatic rings. The fourth-order valence-corrected chi connectivity index (χ4v) is 3.76. The van der Waals surface area contributed by atoms with E-state index in [1.807, 2.05) is 0 Å². The number of halogens is 5. The first-order valence-electron chi connectivity index (χ1n) is 8.44.